The van der Waals surface area contributed by atoms with Gasteiger partial charge < -0.3 is 0 Å². The molecule has 0 saturated carbocycles. The Hall–Kier alpha value is -2.23. The van der Waals surface area contributed by atoms with Crippen LogP contribution in [-0.2, 0) is 18.1 Å². The molecule has 3 aromatic carbocycles. The minimum atomic E-state index is -4.07. The van der Waals surface area contributed by atoms with E-state index < -0.39 is 7.82 Å². The Bertz CT molecular complexity index is 1050. The summed E-state index contributed by atoms with van der Waals surface area (Å²) in [5.41, 5.74) is 3.05. The van der Waals surface area contributed by atoms with Crippen molar-refractivity contribution in [3.05, 3.63) is 108 Å². The predicted octanol–water partition coefficient (Wildman–Crippen LogP) is 14.4. The maximum atomic E-state index is 15.3. The van der Waals surface area contributed by atoms with E-state index in [1.807, 2.05) is 54.6 Å². The first-order valence-electron chi connectivity index (χ1n) is 18.9. The fourth-order valence-corrected chi connectivity index (χ4v) is 7.95. The van der Waals surface area contributed by atoms with Crippen LogP contribution in [0.4, 0.5) is 0 Å². The minimum absolute atomic E-state index is 0.384. The average molecular weight is 663 g/mol. The molecule has 0 fully saturated rings. The van der Waals surface area contributed by atoms with Crippen LogP contribution in [0.5, 0.6) is 0 Å². The van der Waals surface area contributed by atoms with E-state index in [1.165, 1.54) is 57.8 Å². The van der Waals surface area contributed by atoms with Crippen molar-refractivity contribution >= 4 is 7.82 Å². The highest BCUT2D eigenvalue weighted by molar-refractivity contribution is 7.48. The van der Waals surface area contributed by atoms with Crippen molar-refractivity contribution in [1.82, 2.24) is 0 Å². The van der Waals surface area contributed by atoms with Gasteiger partial charge in [-0.3, -0.25) is 13.6 Å². The normalized spacial score (nSPS) is 14.8. The van der Waals surface area contributed by atoms with E-state index in [9.17, 15) is 0 Å². The lowest BCUT2D eigenvalue weighted by Gasteiger charge is -2.31. The molecule has 3 rings (SSSR count). The number of benzene rings is 3. The number of phosphoric acid groups is 1. The Morgan fingerprint density at radius 2 is 0.660 bits per heavy atom. The predicted molar refractivity (Wildman–Crippen MR) is 199 cm³/mol. The van der Waals surface area contributed by atoms with E-state index in [0.717, 1.165) is 74.5 Å². The van der Waals surface area contributed by atoms with E-state index in [0.29, 0.717) is 0 Å². The Morgan fingerprint density at radius 1 is 0.404 bits per heavy atom. The molecule has 0 aliphatic rings. The second kappa shape index (κ2) is 24.0. The molecule has 0 saturated heterocycles. The maximum absolute atomic E-state index is 15.3. The largest absolute Gasteiger partial charge is 0.476 e. The van der Waals surface area contributed by atoms with Crippen molar-refractivity contribution in [2.75, 3.05) is 0 Å². The second-order valence-electron chi connectivity index (χ2n) is 13.1. The molecule has 3 unspecified atom stereocenters. The summed E-state index contributed by atoms with van der Waals surface area (Å²) < 4.78 is 35.5. The zero-order valence-electron chi connectivity index (χ0n) is 29.7. The number of hydrogen-bond acceptors (Lipinski definition) is 4. The van der Waals surface area contributed by atoms with Crippen LogP contribution in [-0.4, -0.2) is 0 Å². The van der Waals surface area contributed by atoms with E-state index in [-0.39, 0.29) is 18.3 Å². The highest BCUT2D eigenvalue weighted by Crippen LogP contribution is 2.60. The molecule has 4 nitrogen and oxygen atoms in total. The standard InChI is InChI=1S/C42H63O4P/c1-4-7-10-13-25-34-40(37-28-19-16-20-29-37)44-47(43,45-41(35-26-14-11-8-5-2)38-30-21-17-22-31-38)46-42(36-27-15-12-9-6-3)39-32-23-18-24-33-39/h16-24,28-33,40-42H,4-15,25-27,34-36H2,1-3H3. The highest BCUT2D eigenvalue weighted by atomic mass is 31.2. The molecular weight excluding hydrogens is 599 g/mol. The van der Waals surface area contributed by atoms with Gasteiger partial charge >= 0.3 is 7.82 Å². The summed E-state index contributed by atoms with van der Waals surface area (Å²) in [5, 5.41) is 0. The van der Waals surface area contributed by atoms with Gasteiger partial charge in [0.05, 0.1) is 18.3 Å². The Morgan fingerprint density at radius 3 is 0.915 bits per heavy atom. The van der Waals surface area contributed by atoms with Gasteiger partial charge in [0.1, 0.15) is 0 Å². The van der Waals surface area contributed by atoms with Crippen LogP contribution in [0.15, 0.2) is 91.0 Å². The Balaban J connectivity index is 1.94. The number of rotatable bonds is 27. The first kappa shape index (κ1) is 39.2. The van der Waals surface area contributed by atoms with Crippen LogP contribution in [0.25, 0.3) is 0 Å². The fourth-order valence-electron chi connectivity index (χ4n) is 6.19. The summed E-state index contributed by atoms with van der Waals surface area (Å²) in [5.74, 6) is 0. The molecule has 0 aliphatic heterocycles. The van der Waals surface area contributed by atoms with Crippen molar-refractivity contribution in [2.45, 2.75) is 155 Å². The topological polar surface area (TPSA) is 44.8 Å². The van der Waals surface area contributed by atoms with E-state index in [1.54, 1.807) is 0 Å². The van der Waals surface area contributed by atoms with Gasteiger partial charge in [-0.2, -0.15) is 0 Å². The van der Waals surface area contributed by atoms with Gasteiger partial charge in [0.2, 0.25) is 0 Å². The van der Waals surface area contributed by atoms with Crippen LogP contribution in [0.2, 0.25) is 0 Å². The molecule has 0 N–H and O–H groups in total. The molecule has 47 heavy (non-hydrogen) atoms. The lowest BCUT2D eigenvalue weighted by Crippen LogP contribution is -2.13. The van der Waals surface area contributed by atoms with Crippen molar-refractivity contribution < 1.29 is 18.1 Å². The second-order valence-corrected chi connectivity index (χ2v) is 14.6. The number of hydrogen-bond donors (Lipinski definition) is 0. The minimum Gasteiger partial charge on any atom is -0.279 e. The van der Waals surface area contributed by atoms with E-state index in [2.05, 4.69) is 57.2 Å². The molecule has 0 heterocycles. The summed E-state index contributed by atoms with van der Waals surface area (Å²) in [4.78, 5) is 0. The van der Waals surface area contributed by atoms with Gasteiger partial charge in [0.15, 0.2) is 0 Å². The van der Waals surface area contributed by atoms with Gasteiger partial charge in [0.25, 0.3) is 0 Å². The molecule has 0 bridgehead atoms. The Kier molecular flexibility index (Phi) is 20.0. The third kappa shape index (κ3) is 15.7. The molecular formula is C42H63O4P. The van der Waals surface area contributed by atoms with Crippen molar-refractivity contribution in [3.63, 3.8) is 0 Å². The zero-order chi connectivity index (χ0) is 33.4. The van der Waals surface area contributed by atoms with E-state index >= 15 is 4.57 Å². The monoisotopic (exact) mass is 662 g/mol. The summed E-state index contributed by atoms with van der Waals surface area (Å²) in [6.45, 7) is 6.71. The summed E-state index contributed by atoms with van der Waals surface area (Å²) in [6, 6.07) is 30.7. The molecule has 0 spiro atoms. The van der Waals surface area contributed by atoms with Crippen LogP contribution in [0.1, 0.15) is 171 Å². The Labute approximate surface area is 287 Å². The lowest BCUT2D eigenvalue weighted by molar-refractivity contribution is 0.0212. The maximum Gasteiger partial charge on any atom is 0.476 e. The van der Waals surface area contributed by atoms with Crippen molar-refractivity contribution in [1.29, 1.82) is 0 Å². The molecule has 3 aromatic rings. The molecule has 0 amide bonds. The zero-order valence-corrected chi connectivity index (χ0v) is 30.6. The van der Waals surface area contributed by atoms with Gasteiger partial charge in [-0.1, -0.05) is 208 Å². The van der Waals surface area contributed by atoms with Gasteiger partial charge in [-0.25, -0.2) is 4.57 Å². The first-order chi connectivity index (χ1) is 23.1. The average Bonchev–Trinajstić information content (AvgIpc) is 3.11. The third-order valence-corrected chi connectivity index (χ3v) is 10.5. The fraction of sp³-hybridized carbons (Fsp3) is 0.571. The molecule has 260 valence electrons. The van der Waals surface area contributed by atoms with Crippen molar-refractivity contribution in [3.8, 4) is 0 Å². The lowest BCUT2D eigenvalue weighted by atomic mass is 10.0. The quantitative estimate of drug-likeness (QED) is 0.0602. The van der Waals surface area contributed by atoms with E-state index in [4.69, 9.17) is 13.6 Å². The molecule has 0 aromatic heterocycles. The SMILES string of the molecule is CCCCCCCC(OP(=O)(OC(CCCCCCC)c1ccccc1)OC(CCCCCCC)c1ccccc1)c1ccccc1. The van der Waals surface area contributed by atoms with Crippen LogP contribution >= 0.6 is 7.82 Å². The molecule has 3 atom stereocenters. The molecule has 5 heteroatoms. The van der Waals surface area contributed by atoms with Crippen LogP contribution in [0.3, 0.4) is 0 Å². The van der Waals surface area contributed by atoms with Gasteiger partial charge in [0, 0.05) is 0 Å². The third-order valence-electron chi connectivity index (χ3n) is 8.99. The first-order valence-corrected chi connectivity index (χ1v) is 20.3. The number of unbranched alkanes of at least 4 members (excludes halogenated alkanes) is 12. The van der Waals surface area contributed by atoms with Crippen molar-refractivity contribution in [2.24, 2.45) is 0 Å². The number of phosphoric ester groups is 1. The van der Waals surface area contributed by atoms with Gasteiger partial charge in [-0.15, -0.1) is 0 Å². The summed E-state index contributed by atoms with van der Waals surface area (Å²) in [7, 11) is -4.07. The van der Waals surface area contributed by atoms with Crippen LogP contribution in [0, 0.1) is 0 Å². The molecule has 0 aliphatic carbocycles. The van der Waals surface area contributed by atoms with Crippen LogP contribution < -0.4 is 0 Å². The van der Waals surface area contributed by atoms with Gasteiger partial charge in [-0.05, 0) is 36.0 Å². The highest BCUT2D eigenvalue weighted by Gasteiger charge is 2.38. The molecule has 0 radical (unpaired) electrons. The summed E-state index contributed by atoms with van der Waals surface area (Å²) in [6.07, 6.45) is 18.4. The smallest absolute Gasteiger partial charge is 0.279 e. The summed E-state index contributed by atoms with van der Waals surface area (Å²) >= 11 is 0.